The van der Waals surface area contributed by atoms with Crippen LogP contribution in [-0.2, 0) is 4.74 Å². The Morgan fingerprint density at radius 3 is 2.51 bits per heavy atom. The molecule has 6 rings (SSSR count). The Labute approximate surface area is 244 Å². The van der Waals surface area contributed by atoms with Crippen LogP contribution >= 0.6 is 0 Å². The standard InChI is InChI=1S/C33H48N4O4/c1-3-4-10-30-33(41-32(39)37(30)23-24-8-6-5-7-9-24)15-19-35(20-16-33)26-13-17-36(18-14-26)31(38)29-22-25-21-27(40-2)11-12-28(25)34-29/h11-12,21-22,24,26,30,34H,3-10,13-20,23H2,1-2H3. The van der Waals surface area contributed by atoms with Gasteiger partial charge in [0.15, 0.2) is 0 Å². The zero-order chi connectivity index (χ0) is 28.4. The highest BCUT2D eigenvalue weighted by Crippen LogP contribution is 2.43. The maximum Gasteiger partial charge on any atom is 0.410 e. The molecule has 1 aromatic carbocycles. The number of ether oxygens (including phenoxy) is 2. The molecule has 2 aromatic rings. The second-order valence-corrected chi connectivity index (χ2v) is 12.9. The lowest BCUT2D eigenvalue weighted by atomic mass is 9.80. The summed E-state index contributed by atoms with van der Waals surface area (Å²) in [5, 5.41) is 0.993. The van der Waals surface area contributed by atoms with Gasteiger partial charge in [0, 0.05) is 62.5 Å². The van der Waals surface area contributed by atoms with Crippen LogP contribution in [0.1, 0.15) is 94.5 Å². The van der Waals surface area contributed by atoms with Crippen molar-refractivity contribution in [3.05, 3.63) is 30.0 Å². The zero-order valence-electron chi connectivity index (χ0n) is 25.0. The number of likely N-dealkylation sites (tertiary alicyclic amines) is 2. The van der Waals surface area contributed by atoms with Crippen LogP contribution in [0.15, 0.2) is 24.3 Å². The van der Waals surface area contributed by atoms with Gasteiger partial charge in [-0.1, -0.05) is 39.0 Å². The molecule has 4 fully saturated rings. The van der Waals surface area contributed by atoms with E-state index in [9.17, 15) is 9.59 Å². The number of rotatable bonds is 8. The first-order valence-electron chi connectivity index (χ1n) is 16.2. The van der Waals surface area contributed by atoms with Crippen molar-refractivity contribution in [3.63, 3.8) is 0 Å². The summed E-state index contributed by atoms with van der Waals surface area (Å²) in [4.78, 5) is 36.6. The van der Waals surface area contributed by atoms with Crippen LogP contribution in [0.5, 0.6) is 5.75 Å². The molecular weight excluding hydrogens is 516 g/mol. The second kappa shape index (κ2) is 12.2. The summed E-state index contributed by atoms with van der Waals surface area (Å²) in [5.74, 6) is 1.50. The summed E-state index contributed by atoms with van der Waals surface area (Å²) in [6, 6.07) is 8.47. The number of carbonyl (C=O) groups is 2. The minimum Gasteiger partial charge on any atom is -0.497 e. The number of fused-ring (bicyclic) bond motifs is 1. The maximum atomic E-state index is 13.3. The monoisotopic (exact) mass is 564 g/mol. The lowest BCUT2D eigenvalue weighted by Crippen LogP contribution is -2.56. The van der Waals surface area contributed by atoms with Crippen LogP contribution in [0.4, 0.5) is 4.79 Å². The first kappa shape index (κ1) is 28.4. The minimum atomic E-state index is -0.327. The number of hydrogen-bond acceptors (Lipinski definition) is 5. The van der Waals surface area contributed by atoms with Crippen LogP contribution in [0.2, 0.25) is 0 Å². The van der Waals surface area contributed by atoms with Gasteiger partial charge in [0.1, 0.15) is 17.0 Å². The largest absolute Gasteiger partial charge is 0.497 e. The van der Waals surface area contributed by atoms with Crippen LogP contribution in [0, 0.1) is 5.92 Å². The normalized spacial score (nSPS) is 24.3. The van der Waals surface area contributed by atoms with Gasteiger partial charge in [-0.05, 0) is 62.3 Å². The SMILES string of the molecule is CCCCC1N(CC2CCCCC2)C(=O)OC12CCN(C1CCN(C(=O)c3cc4cc(OC)ccc4[nH]3)CC1)CC2. The molecule has 3 aliphatic heterocycles. The molecule has 4 aliphatic rings. The third-order valence-electron chi connectivity index (χ3n) is 10.5. The number of methoxy groups -OCH3 is 1. The smallest absolute Gasteiger partial charge is 0.410 e. The van der Waals surface area contributed by atoms with Gasteiger partial charge in [0.05, 0.1) is 13.2 Å². The Bertz CT molecular complexity index is 1210. The Hall–Kier alpha value is -2.74. The van der Waals surface area contributed by atoms with E-state index in [1.54, 1.807) is 7.11 Å². The quantitative estimate of drug-likeness (QED) is 0.413. The number of amides is 2. The van der Waals surface area contributed by atoms with Crippen molar-refractivity contribution < 1.29 is 19.1 Å². The number of hydrogen-bond donors (Lipinski definition) is 1. The molecule has 3 saturated heterocycles. The second-order valence-electron chi connectivity index (χ2n) is 12.9. The summed E-state index contributed by atoms with van der Waals surface area (Å²) in [6.07, 6.45) is 13.5. The highest BCUT2D eigenvalue weighted by Gasteiger charge is 2.55. The lowest BCUT2D eigenvalue weighted by Gasteiger charge is -2.46. The van der Waals surface area contributed by atoms with E-state index in [2.05, 4.69) is 21.7 Å². The first-order chi connectivity index (χ1) is 20.0. The van der Waals surface area contributed by atoms with Gasteiger partial charge < -0.3 is 24.3 Å². The molecule has 1 aliphatic carbocycles. The Balaban J connectivity index is 1.04. The van der Waals surface area contributed by atoms with E-state index in [-0.39, 0.29) is 23.6 Å². The molecule has 1 aromatic heterocycles. The van der Waals surface area contributed by atoms with E-state index in [1.807, 2.05) is 29.2 Å². The van der Waals surface area contributed by atoms with E-state index in [0.717, 1.165) is 94.3 Å². The molecule has 1 spiro atoms. The maximum absolute atomic E-state index is 13.3. The first-order valence-corrected chi connectivity index (χ1v) is 16.2. The third-order valence-corrected chi connectivity index (χ3v) is 10.5. The average Bonchev–Trinajstić information content (AvgIpc) is 3.54. The summed E-state index contributed by atoms with van der Waals surface area (Å²) in [5.41, 5.74) is 1.27. The topological polar surface area (TPSA) is 78.1 Å². The number of aromatic nitrogens is 1. The van der Waals surface area contributed by atoms with Crippen LogP contribution in [0.3, 0.4) is 0 Å². The predicted octanol–water partition coefficient (Wildman–Crippen LogP) is 6.21. The molecule has 0 bridgehead atoms. The van der Waals surface area contributed by atoms with Crippen molar-refractivity contribution >= 4 is 22.9 Å². The molecule has 41 heavy (non-hydrogen) atoms. The summed E-state index contributed by atoms with van der Waals surface area (Å²) in [7, 11) is 1.66. The van der Waals surface area contributed by atoms with Gasteiger partial charge in [-0.2, -0.15) is 0 Å². The molecule has 1 saturated carbocycles. The van der Waals surface area contributed by atoms with E-state index in [1.165, 1.54) is 32.1 Å². The Morgan fingerprint density at radius 2 is 1.80 bits per heavy atom. The van der Waals surface area contributed by atoms with E-state index < -0.39 is 0 Å². The van der Waals surface area contributed by atoms with E-state index in [0.29, 0.717) is 17.7 Å². The summed E-state index contributed by atoms with van der Waals surface area (Å²) in [6.45, 7) is 6.60. The predicted molar refractivity (Wildman–Crippen MR) is 160 cm³/mol. The molecule has 2 amide bonds. The molecule has 8 nitrogen and oxygen atoms in total. The number of piperidine rings is 2. The van der Waals surface area contributed by atoms with Crippen molar-refractivity contribution in [2.45, 2.75) is 102 Å². The Morgan fingerprint density at radius 1 is 1.05 bits per heavy atom. The molecule has 0 radical (unpaired) electrons. The zero-order valence-corrected chi connectivity index (χ0v) is 25.0. The molecular formula is C33H48N4O4. The fraction of sp³-hybridized carbons (Fsp3) is 0.697. The Kier molecular flexibility index (Phi) is 8.47. The van der Waals surface area contributed by atoms with Gasteiger partial charge in [-0.25, -0.2) is 4.79 Å². The summed E-state index contributed by atoms with van der Waals surface area (Å²) >= 11 is 0. The van der Waals surface area contributed by atoms with Crippen molar-refractivity contribution in [2.75, 3.05) is 39.8 Å². The number of benzene rings is 1. The number of aromatic amines is 1. The van der Waals surface area contributed by atoms with Gasteiger partial charge in [0.25, 0.3) is 5.91 Å². The van der Waals surface area contributed by atoms with Gasteiger partial charge in [0.2, 0.25) is 0 Å². The van der Waals surface area contributed by atoms with Crippen LogP contribution < -0.4 is 4.74 Å². The number of H-pyrrole nitrogens is 1. The summed E-state index contributed by atoms with van der Waals surface area (Å²) < 4.78 is 11.7. The van der Waals surface area contributed by atoms with E-state index >= 15 is 0 Å². The molecule has 4 heterocycles. The van der Waals surface area contributed by atoms with Gasteiger partial charge >= 0.3 is 6.09 Å². The van der Waals surface area contributed by atoms with Crippen molar-refractivity contribution in [1.82, 2.24) is 19.7 Å². The lowest BCUT2D eigenvalue weighted by molar-refractivity contribution is -0.0386. The van der Waals surface area contributed by atoms with Gasteiger partial charge in [-0.15, -0.1) is 0 Å². The number of carbonyl (C=O) groups excluding carboxylic acids is 2. The third kappa shape index (κ3) is 5.81. The highest BCUT2D eigenvalue weighted by atomic mass is 16.6. The van der Waals surface area contributed by atoms with Crippen molar-refractivity contribution in [1.29, 1.82) is 0 Å². The molecule has 1 atom stereocenters. The van der Waals surface area contributed by atoms with Crippen LogP contribution in [-0.4, -0.2) is 89.2 Å². The van der Waals surface area contributed by atoms with Gasteiger partial charge in [-0.3, -0.25) is 9.69 Å². The molecule has 8 heteroatoms. The number of nitrogens with one attached hydrogen (secondary N) is 1. The molecule has 1 unspecified atom stereocenters. The van der Waals surface area contributed by atoms with Crippen molar-refractivity contribution in [3.8, 4) is 5.75 Å². The number of unbranched alkanes of at least 4 members (excludes halogenated alkanes) is 1. The highest BCUT2D eigenvalue weighted by molar-refractivity contribution is 5.98. The van der Waals surface area contributed by atoms with E-state index in [4.69, 9.17) is 9.47 Å². The average molecular weight is 565 g/mol. The fourth-order valence-corrected chi connectivity index (χ4v) is 8.04. The minimum absolute atomic E-state index is 0.0626. The van der Waals surface area contributed by atoms with Crippen molar-refractivity contribution in [2.24, 2.45) is 5.92 Å². The molecule has 224 valence electrons. The number of nitrogens with zero attached hydrogens (tertiary/aromatic N) is 3. The molecule has 1 N–H and O–H groups in total. The van der Waals surface area contributed by atoms with Crippen LogP contribution in [0.25, 0.3) is 10.9 Å². The fourth-order valence-electron chi connectivity index (χ4n) is 8.04.